The van der Waals surface area contributed by atoms with Crippen molar-refractivity contribution in [1.29, 1.82) is 0 Å². The summed E-state index contributed by atoms with van der Waals surface area (Å²) in [5.41, 5.74) is 4.66. The molecule has 1 aromatic carbocycles. The molecule has 4 rings (SSSR count). The van der Waals surface area contributed by atoms with Gasteiger partial charge in [0.2, 0.25) is 0 Å². The topological polar surface area (TPSA) is 34.9 Å². The Bertz CT molecular complexity index is 1030. The maximum absolute atomic E-state index is 13.5. The third-order valence-electron chi connectivity index (χ3n) is 5.99. The smallest absolute Gasteiger partial charge is 0.266 e. The molecule has 148 valence electrons. The summed E-state index contributed by atoms with van der Waals surface area (Å²) < 4.78 is 1.75. The van der Waals surface area contributed by atoms with Gasteiger partial charge in [0.15, 0.2) is 0 Å². The molecule has 0 aliphatic heterocycles. The third-order valence-corrected chi connectivity index (χ3v) is 7.19. The first kappa shape index (κ1) is 19.4. The van der Waals surface area contributed by atoms with E-state index in [1.807, 2.05) is 6.07 Å². The number of hydrogen-bond acceptors (Lipinski definition) is 3. The standard InChI is InChI=1S/C24H30N2OS/c1-17-13-14-20(18(2)15-17)26-16-25-23-22(24(26)27)19-11-9-7-5-3-4-6-8-10-12-21(19)28-23/h13-16H,3-12H2,1-2H3. The van der Waals surface area contributed by atoms with Crippen molar-refractivity contribution in [3.8, 4) is 5.69 Å². The normalized spacial score (nSPS) is 16.4. The summed E-state index contributed by atoms with van der Waals surface area (Å²) in [7, 11) is 0. The van der Waals surface area contributed by atoms with Gasteiger partial charge < -0.3 is 0 Å². The molecule has 0 atom stereocenters. The molecular formula is C24H30N2OS. The number of hydrogen-bond donors (Lipinski definition) is 0. The molecule has 1 aliphatic carbocycles. The van der Waals surface area contributed by atoms with Crippen molar-refractivity contribution >= 4 is 21.6 Å². The molecule has 28 heavy (non-hydrogen) atoms. The van der Waals surface area contributed by atoms with Crippen molar-refractivity contribution in [2.24, 2.45) is 0 Å². The summed E-state index contributed by atoms with van der Waals surface area (Å²) in [6.45, 7) is 4.15. The van der Waals surface area contributed by atoms with E-state index in [1.165, 1.54) is 67.4 Å². The van der Waals surface area contributed by atoms with Gasteiger partial charge >= 0.3 is 0 Å². The Morgan fingerprint density at radius 1 is 0.929 bits per heavy atom. The molecule has 4 heteroatoms. The minimum absolute atomic E-state index is 0.0987. The Labute approximate surface area is 171 Å². The average molecular weight is 395 g/mol. The van der Waals surface area contributed by atoms with E-state index >= 15 is 0 Å². The van der Waals surface area contributed by atoms with E-state index in [0.29, 0.717) is 0 Å². The predicted octanol–water partition coefficient (Wildman–Crippen LogP) is 6.28. The van der Waals surface area contributed by atoms with Crippen molar-refractivity contribution in [3.05, 3.63) is 56.4 Å². The maximum atomic E-state index is 13.5. The lowest BCUT2D eigenvalue weighted by Crippen LogP contribution is -2.20. The van der Waals surface area contributed by atoms with Crippen molar-refractivity contribution in [1.82, 2.24) is 9.55 Å². The van der Waals surface area contributed by atoms with Crippen molar-refractivity contribution in [2.75, 3.05) is 0 Å². The summed E-state index contributed by atoms with van der Waals surface area (Å²) >= 11 is 1.75. The van der Waals surface area contributed by atoms with E-state index in [2.05, 4.69) is 26.0 Å². The number of aromatic nitrogens is 2. The Kier molecular flexibility index (Phi) is 5.96. The zero-order valence-corrected chi connectivity index (χ0v) is 17.9. The van der Waals surface area contributed by atoms with Gasteiger partial charge in [-0.25, -0.2) is 4.98 Å². The molecule has 0 fully saturated rings. The van der Waals surface area contributed by atoms with Crippen LogP contribution in [0.4, 0.5) is 0 Å². The van der Waals surface area contributed by atoms with Gasteiger partial charge in [0.05, 0.1) is 11.1 Å². The summed E-state index contributed by atoms with van der Waals surface area (Å²) in [6, 6.07) is 6.24. The second-order valence-electron chi connectivity index (χ2n) is 8.22. The van der Waals surface area contributed by atoms with Crippen LogP contribution in [0.1, 0.15) is 72.9 Å². The molecule has 3 nitrogen and oxygen atoms in total. The van der Waals surface area contributed by atoms with Crippen LogP contribution >= 0.6 is 11.3 Å². The predicted molar refractivity (Wildman–Crippen MR) is 119 cm³/mol. The monoisotopic (exact) mass is 394 g/mol. The molecular weight excluding hydrogens is 364 g/mol. The molecule has 0 N–H and O–H groups in total. The third kappa shape index (κ3) is 3.93. The van der Waals surface area contributed by atoms with Crippen LogP contribution in [0.2, 0.25) is 0 Å². The number of rotatable bonds is 1. The molecule has 3 aromatic rings. The van der Waals surface area contributed by atoms with Gasteiger partial charge in [-0.05, 0) is 56.7 Å². The summed E-state index contributed by atoms with van der Waals surface area (Å²) in [4.78, 5) is 20.5. The molecule has 2 aromatic heterocycles. The number of aryl methyl sites for hydroxylation is 4. The van der Waals surface area contributed by atoms with Crippen LogP contribution in [0, 0.1) is 13.8 Å². The molecule has 0 bridgehead atoms. The zero-order chi connectivity index (χ0) is 19.5. The van der Waals surface area contributed by atoms with Gasteiger partial charge in [0.1, 0.15) is 11.2 Å². The Morgan fingerprint density at radius 2 is 1.61 bits per heavy atom. The zero-order valence-electron chi connectivity index (χ0n) is 17.1. The number of nitrogens with zero attached hydrogens (tertiary/aromatic N) is 2. The van der Waals surface area contributed by atoms with E-state index in [-0.39, 0.29) is 5.56 Å². The lowest BCUT2D eigenvalue weighted by Gasteiger charge is -2.11. The van der Waals surface area contributed by atoms with E-state index in [4.69, 9.17) is 4.98 Å². The highest BCUT2D eigenvalue weighted by Gasteiger charge is 2.18. The first-order valence-corrected chi connectivity index (χ1v) is 11.6. The van der Waals surface area contributed by atoms with E-state index in [9.17, 15) is 4.79 Å². The SMILES string of the molecule is Cc1ccc(-n2cnc3sc4c(c3c2=O)CCCCCCCCCC4)c(C)c1. The quantitative estimate of drug-likeness (QED) is 0.486. The minimum atomic E-state index is 0.0987. The van der Waals surface area contributed by atoms with Gasteiger partial charge in [-0.2, -0.15) is 0 Å². The van der Waals surface area contributed by atoms with Gasteiger partial charge in [0, 0.05) is 4.88 Å². The van der Waals surface area contributed by atoms with Crippen LogP contribution in [0.15, 0.2) is 29.3 Å². The molecule has 1 aliphatic rings. The highest BCUT2D eigenvalue weighted by atomic mass is 32.1. The highest BCUT2D eigenvalue weighted by molar-refractivity contribution is 7.18. The molecule has 0 saturated heterocycles. The molecule has 2 heterocycles. The van der Waals surface area contributed by atoms with Crippen molar-refractivity contribution < 1.29 is 0 Å². The molecule has 0 amide bonds. The fourth-order valence-corrected chi connectivity index (χ4v) is 5.67. The molecule has 0 saturated carbocycles. The fraction of sp³-hybridized carbons (Fsp3) is 0.500. The molecule has 0 spiro atoms. The maximum Gasteiger partial charge on any atom is 0.266 e. The van der Waals surface area contributed by atoms with E-state index in [0.717, 1.165) is 34.3 Å². The highest BCUT2D eigenvalue weighted by Crippen LogP contribution is 2.31. The molecule has 0 unspecified atom stereocenters. The Hall–Kier alpha value is -1.94. The van der Waals surface area contributed by atoms with Crippen molar-refractivity contribution in [3.63, 3.8) is 0 Å². The van der Waals surface area contributed by atoms with E-state index < -0.39 is 0 Å². The summed E-state index contributed by atoms with van der Waals surface area (Å²) in [5.74, 6) is 0. The summed E-state index contributed by atoms with van der Waals surface area (Å²) in [6.07, 6.45) is 14.2. The number of fused-ring (bicyclic) bond motifs is 3. The van der Waals surface area contributed by atoms with Crippen LogP contribution in [0.25, 0.3) is 15.9 Å². The fourth-order valence-electron chi connectivity index (χ4n) is 4.45. The van der Waals surface area contributed by atoms with Crippen LogP contribution < -0.4 is 5.56 Å². The second-order valence-corrected chi connectivity index (χ2v) is 9.31. The molecule has 0 radical (unpaired) electrons. The first-order valence-electron chi connectivity index (χ1n) is 10.7. The van der Waals surface area contributed by atoms with Gasteiger partial charge in [-0.3, -0.25) is 9.36 Å². The van der Waals surface area contributed by atoms with Gasteiger partial charge in [-0.15, -0.1) is 11.3 Å². The average Bonchev–Trinajstić information content (AvgIpc) is 3.01. The second kappa shape index (κ2) is 8.60. The van der Waals surface area contributed by atoms with Gasteiger partial charge in [0.25, 0.3) is 5.56 Å². The lowest BCUT2D eigenvalue weighted by molar-refractivity contribution is 0.562. The van der Waals surface area contributed by atoms with Gasteiger partial charge in [-0.1, -0.05) is 56.2 Å². The largest absolute Gasteiger partial charge is 0.268 e. The lowest BCUT2D eigenvalue weighted by atomic mass is 9.99. The van der Waals surface area contributed by atoms with Crippen molar-refractivity contribution in [2.45, 2.75) is 78.1 Å². The first-order chi connectivity index (χ1) is 13.6. The van der Waals surface area contributed by atoms with Crippen LogP contribution in [-0.4, -0.2) is 9.55 Å². The number of thiophene rings is 1. The Morgan fingerprint density at radius 3 is 2.32 bits per heavy atom. The van der Waals surface area contributed by atoms with Crippen LogP contribution in [-0.2, 0) is 12.8 Å². The summed E-state index contributed by atoms with van der Waals surface area (Å²) in [5, 5.41) is 0.875. The Balaban J connectivity index is 1.80. The number of benzene rings is 1. The van der Waals surface area contributed by atoms with Crippen LogP contribution in [0.5, 0.6) is 0 Å². The minimum Gasteiger partial charge on any atom is -0.268 e. The van der Waals surface area contributed by atoms with E-state index in [1.54, 1.807) is 22.2 Å². The van der Waals surface area contributed by atoms with Crippen LogP contribution in [0.3, 0.4) is 0 Å².